The molecule has 1 unspecified atom stereocenters. The Morgan fingerprint density at radius 2 is 2.00 bits per heavy atom. The Morgan fingerprint density at radius 1 is 1.23 bits per heavy atom. The van der Waals surface area contributed by atoms with E-state index in [2.05, 4.69) is 39.0 Å². The smallest absolute Gasteiger partial charge is 0.0240 e. The van der Waals surface area contributed by atoms with E-state index in [-0.39, 0.29) is 0 Å². The van der Waals surface area contributed by atoms with Gasteiger partial charge in [0.25, 0.3) is 0 Å². The molecule has 0 radical (unpaired) electrons. The summed E-state index contributed by atoms with van der Waals surface area (Å²) in [6, 6.07) is 6.65. The van der Waals surface area contributed by atoms with Gasteiger partial charge in [0.1, 0.15) is 0 Å². The number of benzene rings is 1. The monoisotopic (exact) mass is 194 g/mol. The quantitative estimate of drug-likeness (QED) is 0.509. The van der Waals surface area contributed by atoms with Gasteiger partial charge in [-0.3, -0.25) is 0 Å². The lowest BCUT2D eigenvalue weighted by Gasteiger charge is -2.07. The molecule has 0 heterocycles. The van der Waals surface area contributed by atoms with E-state index < -0.39 is 0 Å². The molecule has 0 aliphatic heterocycles. The lowest BCUT2D eigenvalue weighted by atomic mass is 10.1. The molecule has 0 nitrogen and oxygen atoms in total. The first-order valence-corrected chi connectivity index (χ1v) is 6.26. The third kappa shape index (κ3) is 3.12. The van der Waals surface area contributed by atoms with Gasteiger partial charge < -0.3 is 0 Å². The molecule has 0 fully saturated rings. The van der Waals surface area contributed by atoms with Crippen LogP contribution in [0.1, 0.15) is 30.9 Å². The first-order chi connectivity index (χ1) is 6.25. The molecule has 0 saturated carbocycles. The zero-order valence-electron chi connectivity index (χ0n) is 8.85. The summed E-state index contributed by atoms with van der Waals surface area (Å²) >= 11 is 0. The fourth-order valence-electron chi connectivity index (χ4n) is 1.34. The van der Waals surface area contributed by atoms with Crippen molar-refractivity contribution in [2.75, 3.05) is 6.16 Å². The predicted molar refractivity (Wildman–Crippen MR) is 63.6 cm³/mol. The van der Waals surface area contributed by atoms with Gasteiger partial charge in [-0.05, 0) is 42.9 Å². The van der Waals surface area contributed by atoms with Gasteiger partial charge >= 0.3 is 0 Å². The van der Waals surface area contributed by atoms with Crippen LogP contribution in [0.3, 0.4) is 0 Å². The summed E-state index contributed by atoms with van der Waals surface area (Å²) in [5.74, 6) is 0. The van der Waals surface area contributed by atoms with Crippen molar-refractivity contribution in [2.45, 2.75) is 33.6 Å². The largest absolute Gasteiger partial charge is 0.0901 e. The van der Waals surface area contributed by atoms with Crippen LogP contribution in [0.5, 0.6) is 0 Å². The Kier molecular flexibility index (Phi) is 4.45. The maximum absolute atomic E-state index is 2.27. The van der Waals surface area contributed by atoms with Crippen LogP contribution in [0.15, 0.2) is 18.2 Å². The van der Waals surface area contributed by atoms with Crippen LogP contribution < -0.4 is 5.30 Å². The van der Waals surface area contributed by atoms with Crippen LogP contribution in [-0.2, 0) is 0 Å². The van der Waals surface area contributed by atoms with Crippen molar-refractivity contribution in [1.82, 2.24) is 0 Å². The van der Waals surface area contributed by atoms with Crippen molar-refractivity contribution in [1.29, 1.82) is 0 Å². The zero-order chi connectivity index (χ0) is 9.68. The Labute approximate surface area is 83.5 Å². The number of aryl methyl sites for hydroxylation is 1. The average Bonchev–Trinajstić information content (AvgIpc) is 2.13. The third-order valence-electron chi connectivity index (χ3n) is 2.45. The SMILES string of the molecule is CCCCPc1cccc(C)c1C. The van der Waals surface area contributed by atoms with Gasteiger partial charge in [0, 0.05) is 0 Å². The van der Waals surface area contributed by atoms with Gasteiger partial charge in [0.15, 0.2) is 0 Å². The summed E-state index contributed by atoms with van der Waals surface area (Å²) in [4.78, 5) is 0. The molecular formula is C12H19P. The van der Waals surface area contributed by atoms with E-state index in [9.17, 15) is 0 Å². The Balaban J connectivity index is 2.61. The summed E-state index contributed by atoms with van der Waals surface area (Å²) in [6.45, 7) is 6.69. The van der Waals surface area contributed by atoms with Gasteiger partial charge in [-0.25, -0.2) is 0 Å². The molecule has 0 N–H and O–H groups in total. The fraction of sp³-hybridized carbons (Fsp3) is 0.500. The molecule has 0 bridgehead atoms. The zero-order valence-corrected chi connectivity index (χ0v) is 9.85. The highest BCUT2D eigenvalue weighted by atomic mass is 31.1. The molecule has 0 spiro atoms. The Bertz CT molecular complexity index is 266. The second kappa shape index (κ2) is 5.40. The normalized spacial score (nSPS) is 11.3. The van der Waals surface area contributed by atoms with Gasteiger partial charge in [0.2, 0.25) is 0 Å². The molecule has 1 aromatic rings. The van der Waals surface area contributed by atoms with Crippen LogP contribution in [-0.4, -0.2) is 6.16 Å². The molecule has 1 heteroatoms. The van der Waals surface area contributed by atoms with E-state index in [0.717, 1.165) is 8.58 Å². The number of hydrogen-bond acceptors (Lipinski definition) is 0. The highest BCUT2D eigenvalue weighted by molar-refractivity contribution is 7.47. The molecular weight excluding hydrogens is 175 g/mol. The summed E-state index contributed by atoms with van der Waals surface area (Å²) in [5.41, 5.74) is 2.93. The minimum Gasteiger partial charge on any atom is -0.0901 e. The number of hydrogen-bond donors (Lipinski definition) is 0. The summed E-state index contributed by atoms with van der Waals surface area (Å²) in [7, 11) is 1.01. The fourth-order valence-corrected chi connectivity index (χ4v) is 2.82. The molecule has 0 aromatic heterocycles. The molecule has 72 valence electrons. The van der Waals surface area contributed by atoms with Gasteiger partial charge in [-0.15, -0.1) is 0 Å². The van der Waals surface area contributed by atoms with Crippen molar-refractivity contribution in [3.8, 4) is 0 Å². The van der Waals surface area contributed by atoms with E-state index in [1.165, 1.54) is 30.1 Å². The standard InChI is InChI=1S/C12H19P/c1-4-5-9-13-12-8-6-7-10(2)11(12)3/h6-8,13H,4-5,9H2,1-3H3. The highest BCUT2D eigenvalue weighted by Gasteiger charge is 1.99. The second-order valence-electron chi connectivity index (χ2n) is 3.53. The number of unbranched alkanes of at least 4 members (excludes halogenated alkanes) is 1. The van der Waals surface area contributed by atoms with Crippen LogP contribution >= 0.6 is 8.58 Å². The topological polar surface area (TPSA) is 0 Å². The second-order valence-corrected chi connectivity index (χ2v) is 4.92. The molecule has 1 aromatic carbocycles. The average molecular weight is 194 g/mol. The first-order valence-electron chi connectivity index (χ1n) is 5.05. The Morgan fingerprint density at radius 3 is 2.69 bits per heavy atom. The molecule has 0 aliphatic rings. The van der Waals surface area contributed by atoms with Crippen LogP contribution in [0.4, 0.5) is 0 Å². The summed E-state index contributed by atoms with van der Waals surface area (Å²) in [6.07, 6.45) is 4.05. The maximum atomic E-state index is 2.27. The van der Waals surface area contributed by atoms with Gasteiger partial charge in [-0.2, -0.15) is 0 Å². The summed E-state index contributed by atoms with van der Waals surface area (Å²) < 4.78 is 0. The molecule has 0 aliphatic carbocycles. The lowest BCUT2D eigenvalue weighted by Crippen LogP contribution is -2.02. The van der Waals surface area contributed by atoms with Gasteiger partial charge in [0.05, 0.1) is 0 Å². The van der Waals surface area contributed by atoms with E-state index in [1.54, 1.807) is 5.30 Å². The van der Waals surface area contributed by atoms with Crippen LogP contribution in [0, 0.1) is 13.8 Å². The van der Waals surface area contributed by atoms with Crippen molar-refractivity contribution < 1.29 is 0 Å². The number of rotatable bonds is 4. The molecule has 13 heavy (non-hydrogen) atoms. The van der Waals surface area contributed by atoms with E-state index >= 15 is 0 Å². The van der Waals surface area contributed by atoms with E-state index in [1.807, 2.05) is 0 Å². The van der Waals surface area contributed by atoms with Crippen molar-refractivity contribution in [3.05, 3.63) is 29.3 Å². The Hall–Kier alpha value is -0.350. The highest BCUT2D eigenvalue weighted by Crippen LogP contribution is 2.17. The lowest BCUT2D eigenvalue weighted by molar-refractivity contribution is 0.895. The summed E-state index contributed by atoms with van der Waals surface area (Å²) in [5, 5.41) is 1.56. The van der Waals surface area contributed by atoms with Crippen molar-refractivity contribution in [2.24, 2.45) is 0 Å². The van der Waals surface area contributed by atoms with Gasteiger partial charge in [-0.1, -0.05) is 40.1 Å². The maximum Gasteiger partial charge on any atom is -0.0240 e. The first kappa shape index (κ1) is 10.7. The van der Waals surface area contributed by atoms with Crippen LogP contribution in [0.2, 0.25) is 0 Å². The third-order valence-corrected chi connectivity index (χ3v) is 3.98. The molecule has 0 amide bonds. The minimum atomic E-state index is 1.01. The molecule has 1 atom stereocenters. The van der Waals surface area contributed by atoms with Crippen molar-refractivity contribution >= 4 is 13.9 Å². The predicted octanol–water partition coefficient (Wildman–Crippen LogP) is 3.41. The molecule has 0 saturated heterocycles. The minimum absolute atomic E-state index is 1.01. The van der Waals surface area contributed by atoms with Crippen molar-refractivity contribution in [3.63, 3.8) is 0 Å². The van der Waals surface area contributed by atoms with Crippen LogP contribution in [0.25, 0.3) is 0 Å². The molecule has 1 rings (SSSR count). The van der Waals surface area contributed by atoms with E-state index in [0.29, 0.717) is 0 Å². The van der Waals surface area contributed by atoms with E-state index in [4.69, 9.17) is 0 Å².